The molecule has 7 heteroatoms. The van der Waals surface area contributed by atoms with Crippen LogP contribution in [-0.2, 0) is 4.74 Å². The zero-order valence-corrected chi connectivity index (χ0v) is 15.7. The molecule has 144 valence electrons. The second kappa shape index (κ2) is 8.22. The van der Waals surface area contributed by atoms with Gasteiger partial charge in [-0.1, -0.05) is 24.3 Å². The monoisotopic (exact) mass is 378 g/mol. The standard InChI is InChI=1S/C21H22N4O3/c1-15-20(24-25(23-15)17-8-3-2-4-9-17)21(26)22-16-7-5-10-18(13-16)28-14-19-11-6-12-27-19/h2-5,7-10,13,19H,6,11-12,14H2,1H3,(H,22,26)/t19-/m1/s1. The molecule has 0 aliphatic carbocycles. The third kappa shape index (κ3) is 4.20. The molecule has 1 fully saturated rings. The van der Waals surface area contributed by atoms with Gasteiger partial charge in [-0.05, 0) is 44.0 Å². The lowest BCUT2D eigenvalue weighted by Crippen LogP contribution is -2.17. The third-order valence-electron chi connectivity index (χ3n) is 4.54. The molecule has 2 aromatic carbocycles. The molecule has 1 aliphatic heterocycles. The molecule has 2 heterocycles. The largest absolute Gasteiger partial charge is 0.491 e. The van der Waals surface area contributed by atoms with Crippen LogP contribution in [0.15, 0.2) is 54.6 Å². The number of hydrogen-bond acceptors (Lipinski definition) is 5. The summed E-state index contributed by atoms with van der Waals surface area (Å²) < 4.78 is 11.4. The van der Waals surface area contributed by atoms with E-state index in [1.165, 1.54) is 4.80 Å². The zero-order valence-electron chi connectivity index (χ0n) is 15.7. The van der Waals surface area contributed by atoms with Crippen LogP contribution in [0.4, 0.5) is 5.69 Å². The normalized spacial score (nSPS) is 16.1. The number of amides is 1. The molecular formula is C21H22N4O3. The van der Waals surface area contributed by atoms with E-state index < -0.39 is 0 Å². The number of aromatic nitrogens is 3. The van der Waals surface area contributed by atoms with E-state index in [1.54, 1.807) is 13.0 Å². The van der Waals surface area contributed by atoms with Gasteiger partial charge >= 0.3 is 0 Å². The predicted molar refractivity (Wildman–Crippen MR) is 105 cm³/mol. The molecule has 4 rings (SSSR count). The van der Waals surface area contributed by atoms with E-state index in [1.807, 2.05) is 48.5 Å². The average molecular weight is 378 g/mol. The summed E-state index contributed by atoms with van der Waals surface area (Å²) in [6.45, 7) is 3.08. The van der Waals surface area contributed by atoms with Crippen molar-refractivity contribution in [2.45, 2.75) is 25.9 Å². The molecule has 1 atom stereocenters. The van der Waals surface area contributed by atoms with E-state index in [2.05, 4.69) is 15.5 Å². The molecule has 0 saturated carbocycles. The summed E-state index contributed by atoms with van der Waals surface area (Å²) in [4.78, 5) is 14.1. The number of nitrogens with one attached hydrogen (secondary N) is 1. The highest BCUT2D eigenvalue weighted by atomic mass is 16.5. The number of rotatable bonds is 6. The number of hydrogen-bond donors (Lipinski definition) is 1. The Morgan fingerprint density at radius 1 is 1.21 bits per heavy atom. The van der Waals surface area contributed by atoms with Crippen molar-refractivity contribution >= 4 is 11.6 Å². The van der Waals surface area contributed by atoms with Crippen LogP contribution < -0.4 is 10.1 Å². The molecule has 0 spiro atoms. The average Bonchev–Trinajstić information content (AvgIpc) is 3.37. The van der Waals surface area contributed by atoms with Crippen molar-refractivity contribution in [3.63, 3.8) is 0 Å². The van der Waals surface area contributed by atoms with E-state index in [0.717, 1.165) is 25.1 Å². The molecule has 1 N–H and O–H groups in total. The Balaban J connectivity index is 1.43. The molecular weight excluding hydrogens is 356 g/mol. The Kier molecular flexibility index (Phi) is 5.34. The Morgan fingerprint density at radius 3 is 2.86 bits per heavy atom. The van der Waals surface area contributed by atoms with Gasteiger partial charge in [0.2, 0.25) is 0 Å². The number of carbonyl (C=O) groups excluding carboxylic acids is 1. The van der Waals surface area contributed by atoms with Crippen molar-refractivity contribution in [2.75, 3.05) is 18.5 Å². The maximum atomic E-state index is 12.7. The Morgan fingerprint density at radius 2 is 2.07 bits per heavy atom. The molecule has 1 saturated heterocycles. The van der Waals surface area contributed by atoms with Gasteiger partial charge in [0.25, 0.3) is 5.91 Å². The van der Waals surface area contributed by atoms with Gasteiger partial charge in [-0.15, -0.1) is 5.10 Å². The first-order chi connectivity index (χ1) is 13.7. The Bertz CT molecular complexity index is 949. The van der Waals surface area contributed by atoms with Gasteiger partial charge in [-0.2, -0.15) is 9.90 Å². The van der Waals surface area contributed by atoms with Crippen LogP contribution in [-0.4, -0.2) is 40.2 Å². The number of benzene rings is 2. The summed E-state index contributed by atoms with van der Waals surface area (Å²) in [5, 5.41) is 11.5. The molecule has 28 heavy (non-hydrogen) atoms. The highest BCUT2D eigenvalue weighted by Gasteiger charge is 2.18. The SMILES string of the molecule is Cc1nn(-c2ccccc2)nc1C(=O)Nc1cccc(OC[C@H]2CCCO2)c1. The van der Waals surface area contributed by atoms with Gasteiger partial charge in [0.1, 0.15) is 12.4 Å². The summed E-state index contributed by atoms with van der Waals surface area (Å²) >= 11 is 0. The van der Waals surface area contributed by atoms with Crippen LogP contribution in [0.25, 0.3) is 5.69 Å². The summed E-state index contributed by atoms with van der Waals surface area (Å²) in [7, 11) is 0. The first-order valence-corrected chi connectivity index (χ1v) is 9.34. The maximum absolute atomic E-state index is 12.7. The smallest absolute Gasteiger partial charge is 0.278 e. The van der Waals surface area contributed by atoms with Crippen LogP contribution in [0.1, 0.15) is 29.0 Å². The second-order valence-electron chi connectivity index (χ2n) is 6.69. The van der Waals surface area contributed by atoms with Crippen molar-refractivity contribution in [3.05, 3.63) is 66.0 Å². The molecule has 1 aromatic heterocycles. The zero-order chi connectivity index (χ0) is 19.3. The highest BCUT2D eigenvalue weighted by Crippen LogP contribution is 2.20. The fraction of sp³-hybridized carbons (Fsp3) is 0.286. The number of nitrogens with zero attached hydrogens (tertiary/aromatic N) is 3. The summed E-state index contributed by atoms with van der Waals surface area (Å²) in [5.74, 6) is 0.383. The lowest BCUT2D eigenvalue weighted by molar-refractivity contribution is 0.0680. The minimum absolute atomic E-state index is 0.147. The number of anilines is 1. The minimum Gasteiger partial charge on any atom is -0.491 e. The fourth-order valence-corrected chi connectivity index (χ4v) is 3.08. The van der Waals surface area contributed by atoms with Crippen LogP contribution >= 0.6 is 0 Å². The summed E-state index contributed by atoms with van der Waals surface area (Å²) in [6.07, 6.45) is 2.24. The molecule has 0 unspecified atom stereocenters. The molecule has 0 radical (unpaired) electrons. The van der Waals surface area contributed by atoms with E-state index in [9.17, 15) is 4.79 Å². The maximum Gasteiger partial charge on any atom is 0.278 e. The van der Waals surface area contributed by atoms with E-state index >= 15 is 0 Å². The lowest BCUT2D eigenvalue weighted by atomic mass is 10.2. The number of para-hydroxylation sites is 1. The van der Waals surface area contributed by atoms with Crippen LogP contribution in [0, 0.1) is 6.92 Å². The first-order valence-electron chi connectivity index (χ1n) is 9.34. The number of carbonyl (C=O) groups is 1. The van der Waals surface area contributed by atoms with Gasteiger partial charge < -0.3 is 14.8 Å². The molecule has 1 aliphatic rings. The minimum atomic E-state index is -0.309. The second-order valence-corrected chi connectivity index (χ2v) is 6.69. The molecule has 3 aromatic rings. The third-order valence-corrected chi connectivity index (χ3v) is 4.54. The van der Waals surface area contributed by atoms with Gasteiger partial charge in [0.05, 0.1) is 17.5 Å². The molecule has 1 amide bonds. The van der Waals surface area contributed by atoms with Gasteiger partial charge in [-0.3, -0.25) is 4.79 Å². The van der Waals surface area contributed by atoms with E-state index in [4.69, 9.17) is 9.47 Å². The van der Waals surface area contributed by atoms with Crippen LogP contribution in [0.2, 0.25) is 0 Å². The first kappa shape index (κ1) is 18.2. The molecule has 7 nitrogen and oxygen atoms in total. The fourth-order valence-electron chi connectivity index (χ4n) is 3.08. The predicted octanol–water partition coefficient (Wildman–Crippen LogP) is 3.39. The quantitative estimate of drug-likeness (QED) is 0.711. The Labute approximate surface area is 163 Å². The summed E-state index contributed by atoms with van der Waals surface area (Å²) in [5.41, 5.74) is 2.29. The highest BCUT2D eigenvalue weighted by molar-refractivity contribution is 6.03. The van der Waals surface area contributed by atoms with Crippen molar-refractivity contribution in [3.8, 4) is 11.4 Å². The van der Waals surface area contributed by atoms with Crippen molar-refractivity contribution < 1.29 is 14.3 Å². The van der Waals surface area contributed by atoms with Gasteiger partial charge in [0.15, 0.2) is 5.69 Å². The van der Waals surface area contributed by atoms with E-state index in [0.29, 0.717) is 23.7 Å². The number of ether oxygens (including phenoxy) is 2. The Hall–Kier alpha value is -3.19. The molecule has 0 bridgehead atoms. The van der Waals surface area contributed by atoms with Gasteiger partial charge in [0, 0.05) is 18.4 Å². The van der Waals surface area contributed by atoms with Crippen LogP contribution in [0.5, 0.6) is 5.75 Å². The van der Waals surface area contributed by atoms with Gasteiger partial charge in [-0.25, -0.2) is 0 Å². The van der Waals surface area contributed by atoms with E-state index in [-0.39, 0.29) is 17.7 Å². The topological polar surface area (TPSA) is 78.3 Å². The van der Waals surface area contributed by atoms with Crippen molar-refractivity contribution in [2.24, 2.45) is 0 Å². The summed E-state index contributed by atoms with van der Waals surface area (Å²) in [6, 6.07) is 16.8. The van der Waals surface area contributed by atoms with Crippen molar-refractivity contribution in [1.29, 1.82) is 0 Å². The van der Waals surface area contributed by atoms with Crippen LogP contribution in [0.3, 0.4) is 0 Å². The lowest BCUT2D eigenvalue weighted by Gasteiger charge is -2.12. The van der Waals surface area contributed by atoms with Crippen molar-refractivity contribution in [1.82, 2.24) is 15.0 Å². The number of aryl methyl sites for hydroxylation is 1.